The molecule has 0 atom stereocenters. The molecule has 5 nitrogen and oxygen atoms in total. The van der Waals surface area contributed by atoms with E-state index in [9.17, 15) is 12.8 Å². The van der Waals surface area contributed by atoms with Crippen molar-refractivity contribution in [1.29, 1.82) is 0 Å². The number of sulfonamides is 1. The summed E-state index contributed by atoms with van der Waals surface area (Å²) in [7, 11) is -3.85. The van der Waals surface area contributed by atoms with Crippen LogP contribution in [0.5, 0.6) is 0 Å². The molecule has 2 aromatic rings. The maximum absolute atomic E-state index is 13.3. The van der Waals surface area contributed by atoms with Gasteiger partial charge in [-0.2, -0.15) is 0 Å². The van der Waals surface area contributed by atoms with Crippen molar-refractivity contribution >= 4 is 15.8 Å². The molecule has 0 saturated carbocycles. The Morgan fingerprint density at radius 3 is 2.67 bits per heavy atom. The van der Waals surface area contributed by atoms with E-state index in [0.717, 1.165) is 6.07 Å². The molecule has 0 amide bonds. The highest BCUT2D eigenvalue weighted by molar-refractivity contribution is 7.92. The van der Waals surface area contributed by atoms with Crippen LogP contribution in [0, 0.1) is 12.7 Å². The molecule has 0 unspecified atom stereocenters. The van der Waals surface area contributed by atoms with Crippen LogP contribution in [0.3, 0.4) is 0 Å². The summed E-state index contributed by atoms with van der Waals surface area (Å²) < 4.78 is 39.4. The molecule has 7 heteroatoms. The van der Waals surface area contributed by atoms with Gasteiger partial charge in [-0.05, 0) is 24.6 Å². The summed E-state index contributed by atoms with van der Waals surface area (Å²) in [6, 6.07) is 3.70. The Hall–Kier alpha value is -2.02. The van der Waals surface area contributed by atoms with Gasteiger partial charge < -0.3 is 0 Å². The van der Waals surface area contributed by atoms with Crippen molar-refractivity contribution in [3.63, 3.8) is 0 Å². The molecule has 0 aliphatic heterocycles. The number of nitrogens with zero attached hydrogens (tertiary/aromatic N) is 2. The largest absolute Gasteiger partial charge is 0.263 e. The predicted octanol–water partition coefficient (Wildman–Crippen LogP) is 1.72. The Labute approximate surface area is 104 Å². The molecule has 0 saturated heterocycles. The lowest BCUT2D eigenvalue weighted by Crippen LogP contribution is -2.14. The number of aryl methyl sites for hydroxylation is 1. The topological polar surface area (TPSA) is 72.0 Å². The number of anilines is 1. The van der Waals surface area contributed by atoms with Crippen LogP contribution in [0.15, 0.2) is 41.7 Å². The van der Waals surface area contributed by atoms with Gasteiger partial charge in [0.25, 0.3) is 10.0 Å². The molecule has 0 aliphatic carbocycles. The van der Waals surface area contributed by atoms with Crippen LogP contribution in [0.1, 0.15) is 5.56 Å². The van der Waals surface area contributed by atoms with Crippen LogP contribution >= 0.6 is 0 Å². The first-order chi connectivity index (χ1) is 8.49. The van der Waals surface area contributed by atoms with Crippen molar-refractivity contribution in [3.05, 3.63) is 48.2 Å². The maximum atomic E-state index is 13.3. The van der Waals surface area contributed by atoms with E-state index in [4.69, 9.17) is 0 Å². The zero-order chi connectivity index (χ0) is 13.2. The van der Waals surface area contributed by atoms with Gasteiger partial charge in [0.2, 0.25) is 0 Å². The molecule has 0 aliphatic rings. The van der Waals surface area contributed by atoms with Gasteiger partial charge in [-0.3, -0.25) is 9.71 Å². The first-order valence-electron chi connectivity index (χ1n) is 5.04. The van der Waals surface area contributed by atoms with Crippen molar-refractivity contribution in [2.45, 2.75) is 11.8 Å². The summed E-state index contributed by atoms with van der Waals surface area (Å²) in [6.07, 6.45) is 4.04. The monoisotopic (exact) mass is 267 g/mol. The third-order valence-corrected chi connectivity index (χ3v) is 3.61. The minimum atomic E-state index is -3.85. The second kappa shape index (κ2) is 4.69. The minimum Gasteiger partial charge on any atom is -0.262 e. The van der Waals surface area contributed by atoms with E-state index in [0.29, 0.717) is 5.56 Å². The lowest BCUT2D eigenvalue weighted by Gasteiger charge is -2.07. The van der Waals surface area contributed by atoms with Crippen molar-refractivity contribution in [1.82, 2.24) is 9.97 Å². The second-order valence-corrected chi connectivity index (χ2v) is 5.29. The highest BCUT2D eigenvalue weighted by Crippen LogP contribution is 2.16. The number of benzene rings is 1. The van der Waals surface area contributed by atoms with Gasteiger partial charge in [0, 0.05) is 12.4 Å². The van der Waals surface area contributed by atoms with Gasteiger partial charge in [0.05, 0.1) is 11.1 Å². The second-order valence-electron chi connectivity index (χ2n) is 3.61. The Kier molecular flexibility index (Phi) is 3.24. The summed E-state index contributed by atoms with van der Waals surface area (Å²) in [5.74, 6) is -0.490. The molecule has 1 aromatic heterocycles. The van der Waals surface area contributed by atoms with Gasteiger partial charge >= 0.3 is 0 Å². The standard InChI is InChI=1S/C11H10FN3O2S/c1-8-2-3-9(6-10(8)12)18(16,17)15-11-7-13-4-5-14-11/h2-7H,1H3,(H,14,15). The van der Waals surface area contributed by atoms with Crippen LogP contribution in [0.25, 0.3) is 0 Å². The highest BCUT2D eigenvalue weighted by Gasteiger charge is 2.16. The molecule has 0 fully saturated rings. The number of hydrogen-bond acceptors (Lipinski definition) is 4. The van der Waals surface area contributed by atoms with Crippen molar-refractivity contribution < 1.29 is 12.8 Å². The van der Waals surface area contributed by atoms with Gasteiger partial charge in [-0.25, -0.2) is 17.8 Å². The summed E-state index contributed by atoms with van der Waals surface area (Å²) >= 11 is 0. The Morgan fingerprint density at radius 1 is 1.28 bits per heavy atom. The fourth-order valence-corrected chi connectivity index (χ4v) is 2.29. The molecule has 2 rings (SSSR count). The third kappa shape index (κ3) is 2.62. The number of nitrogens with one attached hydrogen (secondary N) is 1. The molecule has 0 radical (unpaired) electrons. The fraction of sp³-hybridized carbons (Fsp3) is 0.0909. The quantitative estimate of drug-likeness (QED) is 0.919. The van der Waals surface area contributed by atoms with Crippen LogP contribution in [0.2, 0.25) is 0 Å². The molecule has 1 N–H and O–H groups in total. The van der Waals surface area contributed by atoms with E-state index in [1.807, 2.05) is 0 Å². The number of aromatic nitrogens is 2. The first-order valence-corrected chi connectivity index (χ1v) is 6.52. The molecule has 1 aromatic carbocycles. The zero-order valence-corrected chi connectivity index (χ0v) is 10.3. The lowest BCUT2D eigenvalue weighted by molar-refractivity contribution is 0.593. The van der Waals surface area contributed by atoms with Crippen LogP contribution in [-0.2, 0) is 10.0 Å². The van der Waals surface area contributed by atoms with Crippen LogP contribution < -0.4 is 4.72 Å². The molecular weight excluding hydrogens is 257 g/mol. The van der Waals surface area contributed by atoms with E-state index in [2.05, 4.69) is 14.7 Å². The van der Waals surface area contributed by atoms with Crippen molar-refractivity contribution in [2.24, 2.45) is 0 Å². The average Bonchev–Trinajstić information content (AvgIpc) is 2.33. The smallest absolute Gasteiger partial charge is 0.262 e. The first kappa shape index (κ1) is 12.4. The normalized spacial score (nSPS) is 11.2. The Bertz CT molecular complexity index is 659. The zero-order valence-electron chi connectivity index (χ0n) is 9.46. The van der Waals surface area contributed by atoms with E-state index >= 15 is 0 Å². The predicted molar refractivity (Wildman–Crippen MR) is 64.0 cm³/mol. The number of rotatable bonds is 3. The van der Waals surface area contributed by atoms with Gasteiger partial charge in [-0.15, -0.1) is 0 Å². The third-order valence-electron chi connectivity index (χ3n) is 2.26. The molecule has 1 heterocycles. The van der Waals surface area contributed by atoms with E-state index in [1.54, 1.807) is 6.92 Å². The molecule has 0 bridgehead atoms. The summed E-state index contributed by atoms with van der Waals surface area (Å²) in [4.78, 5) is 7.36. The number of halogens is 1. The number of hydrogen-bond donors (Lipinski definition) is 1. The molecule has 18 heavy (non-hydrogen) atoms. The average molecular weight is 267 g/mol. The molecule has 0 spiro atoms. The van der Waals surface area contributed by atoms with E-state index in [-0.39, 0.29) is 10.7 Å². The fourth-order valence-electron chi connectivity index (χ4n) is 1.29. The summed E-state index contributed by atoms with van der Waals surface area (Å²) in [5, 5.41) is 0. The summed E-state index contributed by atoms with van der Waals surface area (Å²) in [5.41, 5.74) is 0.383. The minimum absolute atomic E-state index is 0.0819. The SMILES string of the molecule is Cc1ccc(S(=O)(=O)Nc2cnccn2)cc1F. The maximum Gasteiger partial charge on any atom is 0.263 e. The van der Waals surface area contributed by atoms with Crippen molar-refractivity contribution in [3.8, 4) is 0 Å². The Balaban J connectivity index is 2.34. The van der Waals surface area contributed by atoms with Crippen LogP contribution in [0.4, 0.5) is 10.2 Å². The highest BCUT2D eigenvalue weighted by atomic mass is 32.2. The van der Waals surface area contributed by atoms with Crippen LogP contribution in [-0.4, -0.2) is 18.4 Å². The Morgan fingerprint density at radius 2 is 2.06 bits per heavy atom. The van der Waals surface area contributed by atoms with Crippen molar-refractivity contribution in [2.75, 3.05) is 4.72 Å². The van der Waals surface area contributed by atoms with Gasteiger partial charge in [0.15, 0.2) is 5.82 Å². The molecular formula is C11H10FN3O2S. The van der Waals surface area contributed by atoms with Gasteiger partial charge in [0.1, 0.15) is 5.82 Å². The summed E-state index contributed by atoms with van der Waals surface area (Å²) in [6.45, 7) is 1.56. The molecule has 94 valence electrons. The van der Waals surface area contributed by atoms with E-state index < -0.39 is 15.8 Å². The van der Waals surface area contributed by atoms with Gasteiger partial charge in [-0.1, -0.05) is 6.07 Å². The lowest BCUT2D eigenvalue weighted by atomic mass is 10.2. The van der Waals surface area contributed by atoms with E-state index in [1.165, 1.54) is 30.7 Å².